The topological polar surface area (TPSA) is 89.7 Å². The number of H-pyrrole nitrogens is 3. The number of hydrogen-bond donors (Lipinski definition) is 2. The lowest BCUT2D eigenvalue weighted by molar-refractivity contribution is -0.334. The molecule has 0 atom stereocenters. The summed E-state index contributed by atoms with van der Waals surface area (Å²) < 4.78 is 4.25. The Morgan fingerprint density at radius 1 is 1.03 bits per heavy atom. The number of aryl methyl sites for hydroxylation is 3. The first-order chi connectivity index (χ1) is 16.0. The van der Waals surface area contributed by atoms with Crippen molar-refractivity contribution in [2.45, 2.75) is 26.8 Å². The maximum absolute atomic E-state index is 13.3. The SMILES string of the molecule is Cc1ccc2[nH]cc(CCn3c(C)c4c(=O)n(-c5[nH+]c6ccccc6s5)[nH]c4cc3=O)c2c1. The molecule has 7 nitrogen and oxygen atoms in total. The summed E-state index contributed by atoms with van der Waals surface area (Å²) in [4.78, 5) is 32.9. The quantitative estimate of drug-likeness (QED) is 0.422. The van der Waals surface area contributed by atoms with Crippen LogP contribution < -0.4 is 16.1 Å². The zero-order valence-corrected chi connectivity index (χ0v) is 19.0. The normalized spacial score (nSPS) is 11.8. The van der Waals surface area contributed by atoms with E-state index in [1.165, 1.54) is 33.0 Å². The molecule has 164 valence electrons. The van der Waals surface area contributed by atoms with E-state index >= 15 is 0 Å². The molecule has 4 aromatic heterocycles. The predicted molar refractivity (Wildman–Crippen MR) is 132 cm³/mol. The van der Waals surface area contributed by atoms with Gasteiger partial charge in [-0.2, -0.15) is 0 Å². The van der Waals surface area contributed by atoms with Crippen LogP contribution in [0.15, 0.2) is 64.3 Å². The molecule has 0 saturated heterocycles. The van der Waals surface area contributed by atoms with Gasteiger partial charge in [0, 0.05) is 35.4 Å². The van der Waals surface area contributed by atoms with Crippen LogP contribution in [0, 0.1) is 13.8 Å². The molecule has 2 aromatic carbocycles. The van der Waals surface area contributed by atoms with E-state index in [4.69, 9.17) is 0 Å². The number of aromatic nitrogens is 5. The predicted octanol–water partition coefficient (Wildman–Crippen LogP) is 3.85. The third kappa shape index (κ3) is 3.14. The van der Waals surface area contributed by atoms with Crippen molar-refractivity contribution in [3.05, 3.63) is 92.3 Å². The van der Waals surface area contributed by atoms with Crippen LogP contribution in [0.2, 0.25) is 0 Å². The molecule has 4 heterocycles. The summed E-state index contributed by atoms with van der Waals surface area (Å²) in [6, 6.07) is 15.7. The first-order valence-electron chi connectivity index (χ1n) is 10.8. The van der Waals surface area contributed by atoms with Crippen LogP contribution in [0.5, 0.6) is 0 Å². The van der Waals surface area contributed by atoms with E-state index in [-0.39, 0.29) is 11.1 Å². The largest absolute Gasteiger partial charge is 0.369 e. The zero-order chi connectivity index (χ0) is 22.7. The monoisotopic (exact) mass is 456 g/mol. The van der Waals surface area contributed by atoms with Gasteiger partial charge in [-0.15, -0.1) is 0 Å². The summed E-state index contributed by atoms with van der Waals surface area (Å²) in [6.07, 6.45) is 2.70. The third-order valence-corrected chi connectivity index (χ3v) is 7.34. The van der Waals surface area contributed by atoms with Gasteiger partial charge >= 0.3 is 10.7 Å². The molecule has 0 aliphatic heterocycles. The number of pyridine rings is 1. The molecular formula is C25H22N5O2S+. The van der Waals surface area contributed by atoms with Crippen LogP contribution in [-0.2, 0) is 13.0 Å². The number of benzene rings is 2. The molecule has 0 aliphatic carbocycles. The third-order valence-electron chi connectivity index (χ3n) is 6.29. The molecule has 6 aromatic rings. The van der Waals surface area contributed by atoms with Crippen LogP contribution >= 0.6 is 11.3 Å². The first-order valence-corrected chi connectivity index (χ1v) is 11.6. The van der Waals surface area contributed by atoms with Crippen molar-refractivity contribution in [2.24, 2.45) is 0 Å². The molecule has 0 radical (unpaired) electrons. The lowest BCUT2D eigenvalue weighted by atomic mass is 10.1. The number of thiazole rings is 1. The second kappa shape index (κ2) is 7.31. The van der Waals surface area contributed by atoms with Crippen molar-refractivity contribution in [3.8, 4) is 5.13 Å². The van der Waals surface area contributed by atoms with Crippen LogP contribution in [-0.4, -0.2) is 19.3 Å². The van der Waals surface area contributed by atoms with E-state index in [2.05, 4.69) is 40.2 Å². The van der Waals surface area contributed by atoms with E-state index in [9.17, 15) is 9.59 Å². The van der Waals surface area contributed by atoms with Crippen molar-refractivity contribution in [1.82, 2.24) is 19.3 Å². The Morgan fingerprint density at radius 2 is 1.88 bits per heavy atom. The van der Waals surface area contributed by atoms with Gasteiger partial charge in [0.2, 0.25) is 0 Å². The second-order valence-corrected chi connectivity index (χ2v) is 9.43. The lowest BCUT2D eigenvalue weighted by Crippen LogP contribution is -2.24. The lowest BCUT2D eigenvalue weighted by Gasteiger charge is -2.09. The Hall–Kier alpha value is -3.91. The van der Waals surface area contributed by atoms with Gasteiger partial charge in [-0.3, -0.25) is 4.79 Å². The maximum atomic E-state index is 13.3. The van der Waals surface area contributed by atoms with E-state index < -0.39 is 0 Å². The van der Waals surface area contributed by atoms with Gasteiger partial charge in [-0.1, -0.05) is 28.4 Å². The van der Waals surface area contributed by atoms with E-state index in [0.29, 0.717) is 34.7 Å². The van der Waals surface area contributed by atoms with Crippen molar-refractivity contribution in [3.63, 3.8) is 0 Å². The van der Waals surface area contributed by atoms with Gasteiger partial charge in [0.1, 0.15) is 10.9 Å². The standard InChI is InChI=1S/C25H21N5O2S/c1-14-7-8-18-17(11-14)16(13-26-18)9-10-29-15(2)23-20(12-22(29)31)28-30(24(23)32)25-27-19-5-3-4-6-21(19)33-25/h3-8,11-13,26,28H,9-10H2,1-2H3/p+1. The number of nitrogens with zero attached hydrogens (tertiary/aromatic N) is 2. The van der Waals surface area contributed by atoms with Crippen LogP contribution in [0.4, 0.5) is 0 Å². The van der Waals surface area contributed by atoms with Crippen molar-refractivity contribution in [2.75, 3.05) is 0 Å². The summed E-state index contributed by atoms with van der Waals surface area (Å²) in [5, 5.41) is 5.51. The molecule has 3 N–H and O–H groups in total. The minimum Gasteiger partial charge on any atom is -0.361 e. The average Bonchev–Trinajstić information content (AvgIpc) is 3.48. The smallest absolute Gasteiger partial charge is 0.361 e. The van der Waals surface area contributed by atoms with Gasteiger partial charge in [0.25, 0.3) is 5.56 Å². The second-order valence-electron chi connectivity index (χ2n) is 8.40. The first kappa shape index (κ1) is 19.8. The number of hydrogen-bond acceptors (Lipinski definition) is 3. The van der Waals surface area contributed by atoms with E-state index in [0.717, 1.165) is 21.3 Å². The highest BCUT2D eigenvalue weighted by atomic mass is 32.1. The van der Waals surface area contributed by atoms with E-state index in [1.807, 2.05) is 37.4 Å². The molecule has 0 spiro atoms. The number of fused-ring (bicyclic) bond motifs is 3. The minimum absolute atomic E-state index is 0.121. The van der Waals surface area contributed by atoms with E-state index in [1.54, 1.807) is 4.57 Å². The summed E-state index contributed by atoms with van der Waals surface area (Å²) in [7, 11) is 0. The van der Waals surface area contributed by atoms with Crippen LogP contribution in [0.1, 0.15) is 16.8 Å². The molecule has 0 fully saturated rings. The van der Waals surface area contributed by atoms with Gasteiger partial charge in [0.05, 0.1) is 10.2 Å². The Balaban J connectivity index is 1.41. The Labute approximate surface area is 191 Å². The Kier molecular flexibility index (Phi) is 4.38. The average molecular weight is 457 g/mol. The maximum Gasteiger partial charge on any atom is 0.369 e. The fraction of sp³-hybridized carbons (Fsp3) is 0.160. The highest BCUT2D eigenvalue weighted by molar-refractivity contribution is 7.20. The number of nitrogens with one attached hydrogen (secondary N) is 3. The fourth-order valence-electron chi connectivity index (χ4n) is 4.57. The summed E-state index contributed by atoms with van der Waals surface area (Å²) in [5.74, 6) is 0. The molecule has 0 bridgehead atoms. The van der Waals surface area contributed by atoms with Crippen molar-refractivity contribution >= 4 is 43.4 Å². The molecule has 6 rings (SSSR count). The highest BCUT2D eigenvalue weighted by Gasteiger charge is 2.22. The molecular weight excluding hydrogens is 434 g/mol. The molecule has 0 saturated carbocycles. The zero-order valence-electron chi connectivity index (χ0n) is 18.2. The Morgan fingerprint density at radius 3 is 2.73 bits per heavy atom. The van der Waals surface area contributed by atoms with Crippen molar-refractivity contribution in [1.29, 1.82) is 0 Å². The summed E-state index contributed by atoms with van der Waals surface area (Å²) in [6.45, 7) is 4.42. The van der Waals surface area contributed by atoms with Crippen molar-refractivity contribution < 1.29 is 4.98 Å². The molecule has 0 amide bonds. The minimum atomic E-state index is -0.165. The van der Waals surface area contributed by atoms with Gasteiger partial charge < -0.3 is 9.55 Å². The molecule has 33 heavy (non-hydrogen) atoms. The Bertz CT molecular complexity index is 1760. The molecule has 8 heteroatoms. The molecule has 0 aliphatic rings. The van der Waals surface area contributed by atoms with Gasteiger partial charge in [-0.05, 0) is 61.4 Å². The molecule has 0 unspecified atom stereocenters. The van der Waals surface area contributed by atoms with Crippen LogP contribution in [0.25, 0.3) is 37.2 Å². The van der Waals surface area contributed by atoms with Gasteiger partial charge in [0.15, 0.2) is 0 Å². The highest BCUT2D eigenvalue weighted by Crippen LogP contribution is 2.22. The summed E-state index contributed by atoms with van der Waals surface area (Å²) in [5.41, 5.74) is 5.35. The van der Waals surface area contributed by atoms with Crippen LogP contribution in [0.3, 0.4) is 0 Å². The number of para-hydroxylation sites is 1. The fourth-order valence-corrected chi connectivity index (χ4v) is 5.53. The number of rotatable bonds is 4. The van der Waals surface area contributed by atoms with Gasteiger partial charge in [-0.25, -0.2) is 14.9 Å². The summed E-state index contributed by atoms with van der Waals surface area (Å²) >= 11 is 1.49. The number of aromatic amines is 3.